The summed E-state index contributed by atoms with van der Waals surface area (Å²) in [6.07, 6.45) is 0. The van der Waals surface area contributed by atoms with Gasteiger partial charge in [0.15, 0.2) is 0 Å². The van der Waals surface area contributed by atoms with Crippen LogP contribution in [0.1, 0.15) is 20.8 Å². The third kappa shape index (κ3) is 2.18. The zero-order valence-electron chi connectivity index (χ0n) is 10.3. The summed E-state index contributed by atoms with van der Waals surface area (Å²) in [5.74, 6) is 0. The van der Waals surface area contributed by atoms with Crippen molar-refractivity contribution in [1.29, 1.82) is 0 Å². The van der Waals surface area contributed by atoms with E-state index in [0.717, 1.165) is 27.2 Å². The van der Waals surface area contributed by atoms with Gasteiger partial charge in [-0.25, -0.2) is 0 Å². The number of hydrogen-bond acceptors (Lipinski definition) is 3. The Balaban J connectivity index is 2.72. The van der Waals surface area contributed by atoms with Gasteiger partial charge in [-0.2, -0.15) is 0 Å². The molecule has 0 aromatic carbocycles. The first-order valence-electron chi connectivity index (χ1n) is 5.89. The molecule has 0 bridgehead atoms. The average molecular weight is 193 g/mol. The van der Waals surface area contributed by atoms with E-state index < -0.39 is 0 Å². The predicted octanol–water partition coefficient (Wildman–Crippen LogP) is 0.468. The van der Waals surface area contributed by atoms with Crippen molar-refractivity contribution < 1.29 is 0 Å². The molecule has 1 aliphatic heterocycles. The van der Waals surface area contributed by atoms with Gasteiger partial charge in [-0.1, -0.05) is 34.4 Å². The maximum atomic E-state index is 2.55. The molecule has 0 atom stereocenters. The summed E-state index contributed by atoms with van der Waals surface area (Å²) in [7, 11) is 1.12. The van der Waals surface area contributed by atoms with E-state index in [1.54, 1.807) is 0 Å². The van der Waals surface area contributed by atoms with Crippen LogP contribution in [0, 0.1) is 0 Å². The molecule has 3 nitrogen and oxygen atoms in total. The molecular weight excluding hydrogens is 171 g/mol. The fourth-order valence-corrected chi connectivity index (χ4v) is 2.46. The molecule has 0 amide bonds. The van der Waals surface area contributed by atoms with Gasteiger partial charge < -0.3 is 14.2 Å². The molecule has 78 valence electrons. The third-order valence-electron chi connectivity index (χ3n) is 3.56. The molecule has 0 spiro atoms. The van der Waals surface area contributed by atoms with Crippen LogP contribution in [-0.2, 0) is 0 Å². The minimum absolute atomic E-state index is 0.586. The van der Waals surface area contributed by atoms with Crippen molar-refractivity contribution in [2.24, 2.45) is 0 Å². The lowest BCUT2D eigenvalue weighted by Crippen LogP contribution is -2.70. The number of rotatable bonds is 3. The standard InChI is InChI=1S/C8H22B3N3/c1-6-12-9-13(7-2)11(5)14(8-3)10(12)4/h9H,6-8H2,1-5H3. The van der Waals surface area contributed by atoms with Crippen LogP contribution in [0.25, 0.3) is 0 Å². The Morgan fingerprint density at radius 3 is 1.57 bits per heavy atom. The van der Waals surface area contributed by atoms with Crippen LogP contribution in [0.3, 0.4) is 0 Å². The first-order valence-corrected chi connectivity index (χ1v) is 5.89. The Bertz CT molecular complexity index is 165. The topological polar surface area (TPSA) is 9.72 Å². The Hall–Kier alpha value is 0.0748. The molecule has 0 N–H and O–H groups in total. The van der Waals surface area contributed by atoms with Crippen molar-refractivity contribution in [2.75, 3.05) is 19.6 Å². The van der Waals surface area contributed by atoms with Crippen molar-refractivity contribution in [3.63, 3.8) is 0 Å². The number of nitrogens with zero attached hydrogens (tertiary/aromatic N) is 3. The van der Waals surface area contributed by atoms with Crippen LogP contribution >= 0.6 is 0 Å². The Labute approximate surface area is 90.3 Å². The minimum atomic E-state index is 0.586. The van der Waals surface area contributed by atoms with E-state index in [4.69, 9.17) is 0 Å². The van der Waals surface area contributed by atoms with E-state index >= 15 is 0 Å². The summed E-state index contributed by atoms with van der Waals surface area (Å²) >= 11 is 0. The number of hydrogen-bond donors (Lipinski definition) is 0. The molecule has 6 heteroatoms. The van der Waals surface area contributed by atoms with Gasteiger partial charge in [0.05, 0.1) is 0 Å². The van der Waals surface area contributed by atoms with Crippen LogP contribution in [0.2, 0.25) is 13.6 Å². The fraction of sp³-hybridized carbons (Fsp3) is 1.00. The molecular formula is C8H22B3N3. The minimum Gasteiger partial charge on any atom is -0.361 e. The van der Waals surface area contributed by atoms with Crippen LogP contribution in [0.15, 0.2) is 0 Å². The van der Waals surface area contributed by atoms with Gasteiger partial charge in [-0.05, 0) is 19.6 Å². The lowest BCUT2D eigenvalue weighted by atomic mass is 9.51. The molecule has 0 aromatic heterocycles. The van der Waals surface area contributed by atoms with Gasteiger partial charge in [-0.3, -0.25) is 0 Å². The normalized spacial score (nSPS) is 21.5. The summed E-state index contributed by atoms with van der Waals surface area (Å²) in [4.78, 5) is 0. The molecule has 0 aliphatic carbocycles. The summed E-state index contributed by atoms with van der Waals surface area (Å²) in [5.41, 5.74) is 0. The summed E-state index contributed by atoms with van der Waals surface area (Å²) in [6.45, 7) is 16.0. The van der Waals surface area contributed by atoms with Crippen molar-refractivity contribution in [3.8, 4) is 0 Å². The molecule has 1 aliphatic rings. The van der Waals surface area contributed by atoms with Crippen molar-refractivity contribution in [3.05, 3.63) is 0 Å². The second-order valence-corrected chi connectivity index (χ2v) is 4.05. The first kappa shape index (κ1) is 12.1. The van der Waals surface area contributed by atoms with Crippen LogP contribution in [0.4, 0.5) is 0 Å². The second kappa shape index (κ2) is 5.24. The van der Waals surface area contributed by atoms with Gasteiger partial charge in [0, 0.05) is 0 Å². The van der Waals surface area contributed by atoms with E-state index in [9.17, 15) is 0 Å². The molecule has 1 rings (SSSR count). The third-order valence-corrected chi connectivity index (χ3v) is 3.56. The molecule has 0 radical (unpaired) electrons. The van der Waals surface area contributed by atoms with Crippen molar-refractivity contribution >= 4 is 21.5 Å². The Morgan fingerprint density at radius 2 is 1.29 bits per heavy atom. The molecule has 1 saturated heterocycles. The lowest BCUT2D eigenvalue weighted by Gasteiger charge is -2.47. The molecule has 1 fully saturated rings. The fourth-order valence-electron chi connectivity index (χ4n) is 2.46. The summed E-state index contributed by atoms with van der Waals surface area (Å²) in [5, 5.41) is 0. The first-order chi connectivity index (χ1) is 6.65. The Morgan fingerprint density at radius 1 is 0.857 bits per heavy atom. The monoisotopic (exact) mass is 193 g/mol. The van der Waals surface area contributed by atoms with Crippen LogP contribution in [-0.4, -0.2) is 55.3 Å². The van der Waals surface area contributed by atoms with Gasteiger partial charge in [0.2, 0.25) is 0 Å². The van der Waals surface area contributed by atoms with Crippen LogP contribution < -0.4 is 0 Å². The molecule has 14 heavy (non-hydrogen) atoms. The lowest BCUT2D eigenvalue weighted by molar-refractivity contribution is 0.475. The zero-order chi connectivity index (χ0) is 10.7. The Kier molecular flexibility index (Phi) is 4.55. The highest BCUT2D eigenvalue weighted by Crippen LogP contribution is 2.13. The van der Waals surface area contributed by atoms with E-state index in [1.165, 1.54) is 0 Å². The van der Waals surface area contributed by atoms with Crippen molar-refractivity contribution in [2.45, 2.75) is 34.4 Å². The maximum Gasteiger partial charge on any atom is 0.286 e. The van der Waals surface area contributed by atoms with Crippen LogP contribution in [0.5, 0.6) is 0 Å². The van der Waals surface area contributed by atoms with Gasteiger partial charge in [-0.15, -0.1) is 0 Å². The van der Waals surface area contributed by atoms with E-state index in [0.29, 0.717) is 14.0 Å². The van der Waals surface area contributed by atoms with E-state index in [1.807, 2.05) is 0 Å². The van der Waals surface area contributed by atoms with Gasteiger partial charge in [0.25, 0.3) is 21.5 Å². The summed E-state index contributed by atoms with van der Waals surface area (Å²) < 4.78 is 7.59. The predicted molar refractivity (Wildman–Crippen MR) is 67.5 cm³/mol. The highest BCUT2D eigenvalue weighted by atomic mass is 15.3. The molecule has 0 unspecified atom stereocenters. The van der Waals surface area contributed by atoms with E-state index in [-0.39, 0.29) is 0 Å². The van der Waals surface area contributed by atoms with E-state index in [2.05, 4.69) is 48.6 Å². The average Bonchev–Trinajstić information content (AvgIpc) is 2.19. The zero-order valence-corrected chi connectivity index (χ0v) is 10.3. The SMILES string of the molecule is CCN1BN(CC)B(C)N(CC)B1C. The highest BCUT2D eigenvalue weighted by Gasteiger charge is 2.38. The smallest absolute Gasteiger partial charge is 0.286 e. The van der Waals surface area contributed by atoms with Gasteiger partial charge in [0.1, 0.15) is 0 Å². The largest absolute Gasteiger partial charge is 0.361 e. The second-order valence-electron chi connectivity index (χ2n) is 4.05. The summed E-state index contributed by atoms with van der Waals surface area (Å²) in [6, 6.07) is 0. The molecule has 0 aromatic rings. The highest BCUT2D eigenvalue weighted by molar-refractivity contribution is 6.79. The maximum absolute atomic E-state index is 2.55. The van der Waals surface area contributed by atoms with Gasteiger partial charge >= 0.3 is 0 Å². The molecule has 0 saturated carbocycles. The molecule has 1 heterocycles. The van der Waals surface area contributed by atoms with Crippen molar-refractivity contribution in [1.82, 2.24) is 14.2 Å². The quantitative estimate of drug-likeness (QED) is 0.602.